The number of aryl methyl sites for hydroxylation is 1. The van der Waals surface area contributed by atoms with E-state index in [0.717, 1.165) is 37.1 Å². The Labute approximate surface area is 181 Å². The normalized spacial score (nSPS) is 15.3. The summed E-state index contributed by atoms with van der Waals surface area (Å²) in [5.74, 6) is 1.60. The van der Waals surface area contributed by atoms with Crippen molar-refractivity contribution in [2.45, 2.75) is 32.2 Å². The van der Waals surface area contributed by atoms with Crippen molar-refractivity contribution in [3.05, 3.63) is 70.6 Å². The molecule has 0 atom stereocenters. The van der Waals surface area contributed by atoms with Gasteiger partial charge in [-0.05, 0) is 56.6 Å². The Kier molecular flexibility index (Phi) is 6.45. The van der Waals surface area contributed by atoms with Crippen molar-refractivity contribution in [2.24, 2.45) is 0 Å². The maximum absolute atomic E-state index is 12.3. The monoisotopic (exact) mass is 424 g/mol. The maximum atomic E-state index is 12.3. The third kappa shape index (κ3) is 5.26. The van der Waals surface area contributed by atoms with Crippen LogP contribution in [0.1, 0.15) is 35.8 Å². The number of nitrogens with zero attached hydrogens (tertiary/aromatic N) is 3. The minimum Gasteiger partial charge on any atom is -0.351 e. The first-order valence-corrected chi connectivity index (χ1v) is 10.6. The quantitative estimate of drug-likeness (QED) is 0.642. The van der Waals surface area contributed by atoms with Crippen LogP contribution in [0.4, 0.5) is 0 Å². The van der Waals surface area contributed by atoms with Crippen LogP contribution in [0.15, 0.2) is 53.1 Å². The third-order valence-electron chi connectivity index (χ3n) is 5.42. The van der Waals surface area contributed by atoms with Crippen LogP contribution in [0, 0.1) is 6.92 Å². The molecule has 3 aromatic rings. The van der Waals surface area contributed by atoms with E-state index in [1.807, 2.05) is 49.4 Å². The Morgan fingerprint density at radius 2 is 1.97 bits per heavy atom. The molecule has 2 aromatic carbocycles. The minimum atomic E-state index is 0.0305. The minimum absolute atomic E-state index is 0.0305. The summed E-state index contributed by atoms with van der Waals surface area (Å²) in [4.78, 5) is 19.1. The molecule has 1 saturated heterocycles. The fraction of sp³-hybridized carbons (Fsp3) is 0.348. The SMILES string of the molecule is Cc1cccc(-c2noc(C3CCN(CC(=O)NCc4ccc(Cl)cc4)CC3)n2)c1. The average molecular weight is 425 g/mol. The molecule has 0 unspecified atom stereocenters. The molecule has 156 valence electrons. The number of likely N-dealkylation sites (tertiary alicyclic amines) is 1. The summed E-state index contributed by atoms with van der Waals surface area (Å²) in [6.45, 7) is 4.63. The Morgan fingerprint density at radius 3 is 2.70 bits per heavy atom. The first kappa shape index (κ1) is 20.6. The van der Waals surface area contributed by atoms with Crippen molar-refractivity contribution < 1.29 is 9.32 Å². The van der Waals surface area contributed by atoms with Gasteiger partial charge in [0.2, 0.25) is 17.6 Å². The molecule has 1 aliphatic rings. The molecule has 1 fully saturated rings. The summed E-state index contributed by atoms with van der Waals surface area (Å²) in [5.41, 5.74) is 3.17. The Bertz CT molecular complexity index is 994. The molecule has 1 N–H and O–H groups in total. The molecule has 0 bridgehead atoms. The van der Waals surface area contributed by atoms with E-state index in [1.54, 1.807) is 0 Å². The fourth-order valence-electron chi connectivity index (χ4n) is 3.70. The van der Waals surface area contributed by atoms with E-state index in [2.05, 4.69) is 26.4 Å². The molecule has 0 saturated carbocycles. The van der Waals surface area contributed by atoms with Crippen LogP contribution >= 0.6 is 11.6 Å². The number of carbonyl (C=O) groups excluding carboxylic acids is 1. The molecule has 7 heteroatoms. The van der Waals surface area contributed by atoms with Gasteiger partial charge in [0.15, 0.2) is 0 Å². The molecule has 4 rings (SSSR count). The fourth-order valence-corrected chi connectivity index (χ4v) is 3.83. The lowest BCUT2D eigenvalue weighted by Crippen LogP contribution is -2.41. The van der Waals surface area contributed by atoms with Gasteiger partial charge in [-0.3, -0.25) is 9.69 Å². The maximum Gasteiger partial charge on any atom is 0.234 e. The molecular weight excluding hydrogens is 400 g/mol. The second-order valence-corrected chi connectivity index (χ2v) is 8.22. The van der Waals surface area contributed by atoms with Gasteiger partial charge < -0.3 is 9.84 Å². The second-order valence-electron chi connectivity index (χ2n) is 7.78. The standard InChI is InChI=1S/C23H25ClN4O2/c1-16-3-2-4-19(13-16)22-26-23(30-27-22)18-9-11-28(12-10-18)15-21(29)25-14-17-5-7-20(24)8-6-17/h2-8,13,18H,9-12,14-15H2,1H3,(H,25,29). The van der Waals surface area contributed by atoms with Gasteiger partial charge in [0.1, 0.15) is 0 Å². The zero-order valence-electron chi connectivity index (χ0n) is 17.0. The largest absolute Gasteiger partial charge is 0.351 e. The van der Waals surface area contributed by atoms with Gasteiger partial charge in [0.25, 0.3) is 0 Å². The molecule has 0 aliphatic carbocycles. The zero-order chi connectivity index (χ0) is 20.9. The lowest BCUT2D eigenvalue weighted by atomic mass is 9.97. The molecule has 30 heavy (non-hydrogen) atoms. The highest BCUT2D eigenvalue weighted by Gasteiger charge is 2.26. The Balaban J connectivity index is 1.25. The van der Waals surface area contributed by atoms with E-state index in [1.165, 1.54) is 5.56 Å². The van der Waals surface area contributed by atoms with Crippen molar-refractivity contribution in [1.29, 1.82) is 0 Å². The van der Waals surface area contributed by atoms with Gasteiger partial charge in [-0.25, -0.2) is 0 Å². The van der Waals surface area contributed by atoms with Crippen LogP contribution < -0.4 is 5.32 Å². The number of carbonyl (C=O) groups is 1. The number of amides is 1. The van der Waals surface area contributed by atoms with Crippen molar-refractivity contribution in [3.63, 3.8) is 0 Å². The van der Waals surface area contributed by atoms with Crippen molar-refractivity contribution in [1.82, 2.24) is 20.4 Å². The van der Waals surface area contributed by atoms with Crippen LogP contribution in [0.25, 0.3) is 11.4 Å². The van der Waals surface area contributed by atoms with Gasteiger partial charge in [0, 0.05) is 23.0 Å². The first-order valence-electron chi connectivity index (χ1n) is 10.2. The highest BCUT2D eigenvalue weighted by Crippen LogP contribution is 2.28. The van der Waals surface area contributed by atoms with Crippen LogP contribution in [0.5, 0.6) is 0 Å². The predicted molar refractivity (Wildman–Crippen MR) is 116 cm³/mol. The highest BCUT2D eigenvalue weighted by molar-refractivity contribution is 6.30. The van der Waals surface area contributed by atoms with E-state index < -0.39 is 0 Å². The summed E-state index contributed by atoms with van der Waals surface area (Å²) in [6, 6.07) is 15.6. The third-order valence-corrected chi connectivity index (χ3v) is 5.68. The summed E-state index contributed by atoms with van der Waals surface area (Å²) in [5, 5.41) is 7.82. The number of hydrogen-bond acceptors (Lipinski definition) is 5. The summed E-state index contributed by atoms with van der Waals surface area (Å²) < 4.78 is 5.54. The van der Waals surface area contributed by atoms with Crippen LogP contribution in [-0.2, 0) is 11.3 Å². The number of rotatable bonds is 6. The molecule has 1 aromatic heterocycles. The Morgan fingerprint density at radius 1 is 1.20 bits per heavy atom. The van der Waals surface area contributed by atoms with E-state index in [-0.39, 0.29) is 11.8 Å². The average Bonchev–Trinajstić information content (AvgIpc) is 3.24. The number of halogens is 1. The van der Waals surface area contributed by atoms with Crippen molar-refractivity contribution in [2.75, 3.05) is 19.6 Å². The van der Waals surface area contributed by atoms with E-state index >= 15 is 0 Å². The zero-order valence-corrected chi connectivity index (χ0v) is 17.7. The van der Waals surface area contributed by atoms with Gasteiger partial charge in [0.05, 0.1) is 6.54 Å². The molecule has 2 heterocycles. The van der Waals surface area contributed by atoms with E-state index in [4.69, 9.17) is 16.1 Å². The van der Waals surface area contributed by atoms with Gasteiger partial charge in [-0.1, -0.05) is 52.7 Å². The Hall–Kier alpha value is -2.70. The number of benzene rings is 2. The highest BCUT2D eigenvalue weighted by atomic mass is 35.5. The number of aromatic nitrogens is 2. The van der Waals surface area contributed by atoms with E-state index in [9.17, 15) is 4.79 Å². The van der Waals surface area contributed by atoms with Gasteiger partial charge >= 0.3 is 0 Å². The predicted octanol–water partition coefficient (Wildman–Crippen LogP) is 4.19. The van der Waals surface area contributed by atoms with Crippen LogP contribution in [-0.4, -0.2) is 40.6 Å². The van der Waals surface area contributed by atoms with Crippen LogP contribution in [0.2, 0.25) is 5.02 Å². The molecule has 0 spiro atoms. The number of piperidine rings is 1. The smallest absolute Gasteiger partial charge is 0.234 e. The van der Waals surface area contributed by atoms with E-state index in [0.29, 0.717) is 29.8 Å². The number of hydrogen-bond donors (Lipinski definition) is 1. The van der Waals surface area contributed by atoms with Crippen molar-refractivity contribution >= 4 is 17.5 Å². The number of nitrogens with one attached hydrogen (secondary N) is 1. The summed E-state index contributed by atoms with van der Waals surface area (Å²) in [7, 11) is 0. The van der Waals surface area contributed by atoms with Crippen molar-refractivity contribution in [3.8, 4) is 11.4 Å². The summed E-state index contributed by atoms with van der Waals surface area (Å²) >= 11 is 5.89. The summed E-state index contributed by atoms with van der Waals surface area (Å²) in [6.07, 6.45) is 1.81. The van der Waals surface area contributed by atoms with Crippen LogP contribution in [0.3, 0.4) is 0 Å². The lowest BCUT2D eigenvalue weighted by Gasteiger charge is -2.29. The van der Waals surface area contributed by atoms with Gasteiger partial charge in [-0.2, -0.15) is 4.98 Å². The first-order chi connectivity index (χ1) is 14.6. The lowest BCUT2D eigenvalue weighted by molar-refractivity contribution is -0.122. The topological polar surface area (TPSA) is 71.3 Å². The second kappa shape index (κ2) is 9.41. The molecule has 0 radical (unpaired) electrons. The molecule has 1 amide bonds. The molecular formula is C23H25ClN4O2. The molecule has 6 nitrogen and oxygen atoms in total. The molecule has 1 aliphatic heterocycles. The van der Waals surface area contributed by atoms with Gasteiger partial charge in [-0.15, -0.1) is 0 Å².